The minimum Gasteiger partial charge on any atom is -0.326 e. The fourth-order valence-corrected chi connectivity index (χ4v) is 4.71. The minimum atomic E-state index is 0.271. The second kappa shape index (κ2) is 7.75. The summed E-state index contributed by atoms with van der Waals surface area (Å²) in [5, 5.41) is 2.61. The van der Waals surface area contributed by atoms with E-state index in [9.17, 15) is 0 Å². The lowest BCUT2D eigenvalue weighted by Gasteiger charge is -2.21. The van der Waals surface area contributed by atoms with E-state index in [1.54, 1.807) is 0 Å². The molecule has 0 spiro atoms. The minimum absolute atomic E-state index is 0.271. The highest BCUT2D eigenvalue weighted by Gasteiger charge is 2.20. The number of unbranched alkanes of at least 4 members (excludes halogenated alkanes) is 1. The van der Waals surface area contributed by atoms with Crippen molar-refractivity contribution in [1.82, 2.24) is 0 Å². The van der Waals surface area contributed by atoms with E-state index in [0.29, 0.717) is 5.25 Å². The molecule has 1 rings (SSSR count). The van der Waals surface area contributed by atoms with Gasteiger partial charge in [-0.2, -0.15) is 11.8 Å². The van der Waals surface area contributed by atoms with Gasteiger partial charge in [-0.3, -0.25) is 0 Å². The lowest BCUT2D eigenvalue weighted by Crippen LogP contribution is -2.25. The van der Waals surface area contributed by atoms with E-state index >= 15 is 0 Å². The molecule has 4 heteroatoms. The van der Waals surface area contributed by atoms with Gasteiger partial charge in [0.05, 0.1) is 5.25 Å². The summed E-state index contributed by atoms with van der Waals surface area (Å²) in [6.07, 6.45) is 3.58. The Hall–Kier alpha value is 0.490. The Morgan fingerprint density at radius 1 is 1.50 bits per heavy atom. The largest absolute Gasteiger partial charge is 0.326 e. The molecular formula is C12H20BrNS2. The lowest BCUT2D eigenvalue weighted by molar-refractivity contribution is 0.639. The normalized spacial score (nSPS) is 15.0. The van der Waals surface area contributed by atoms with Gasteiger partial charge >= 0.3 is 0 Å². The molecule has 1 aromatic rings. The van der Waals surface area contributed by atoms with Gasteiger partial charge in [0, 0.05) is 20.8 Å². The van der Waals surface area contributed by atoms with Crippen molar-refractivity contribution in [2.45, 2.75) is 44.4 Å². The maximum absolute atomic E-state index is 6.21. The first kappa shape index (κ1) is 14.6. The summed E-state index contributed by atoms with van der Waals surface area (Å²) in [7, 11) is 0. The number of thiophene rings is 1. The van der Waals surface area contributed by atoms with Gasteiger partial charge in [-0.1, -0.05) is 20.3 Å². The van der Waals surface area contributed by atoms with Crippen molar-refractivity contribution in [1.29, 1.82) is 0 Å². The number of thioether (sulfide) groups is 1. The second-order valence-corrected chi connectivity index (χ2v) is 6.99. The maximum Gasteiger partial charge on any atom is 0.0542 e. The van der Waals surface area contributed by atoms with E-state index in [0.717, 1.165) is 6.42 Å². The zero-order valence-corrected chi connectivity index (χ0v) is 13.1. The van der Waals surface area contributed by atoms with Gasteiger partial charge in [-0.05, 0) is 40.6 Å². The van der Waals surface area contributed by atoms with Crippen LogP contribution in [0.3, 0.4) is 0 Å². The topological polar surface area (TPSA) is 26.0 Å². The molecule has 16 heavy (non-hydrogen) atoms. The van der Waals surface area contributed by atoms with E-state index < -0.39 is 0 Å². The predicted molar refractivity (Wildman–Crippen MR) is 80.4 cm³/mol. The molecule has 0 aromatic carbocycles. The second-order valence-electron chi connectivity index (χ2n) is 3.88. The first-order valence-corrected chi connectivity index (χ1v) is 8.52. The predicted octanol–water partition coefficient (Wildman–Crippen LogP) is 4.82. The molecule has 0 aliphatic carbocycles. The van der Waals surface area contributed by atoms with Crippen LogP contribution in [0, 0.1) is 0 Å². The van der Waals surface area contributed by atoms with Crippen LogP contribution in [0.1, 0.15) is 43.2 Å². The van der Waals surface area contributed by atoms with Gasteiger partial charge in [-0.15, -0.1) is 11.3 Å². The Labute approximate surface area is 115 Å². The summed E-state index contributed by atoms with van der Waals surface area (Å²) < 4.78 is 1.18. The van der Waals surface area contributed by atoms with Crippen molar-refractivity contribution >= 4 is 39.0 Å². The Kier molecular flexibility index (Phi) is 7.04. The lowest BCUT2D eigenvalue weighted by atomic mass is 10.1. The Morgan fingerprint density at radius 3 is 2.75 bits per heavy atom. The van der Waals surface area contributed by atoms with Crippen molar-refractivity contribution in [3.63, 3.8) is 0 Å². The molecule has 0 radical (unpaired) electrons. The Bertz CT molecular complexity index is 301. The highest BCUT2D eigenvalue weighted by molar-refractivity contribution is 9.10. The zero-order valence-electron chi connectivity index (χ0n) is 9.91. The third kappa shape index (κ3) is 4.40. The first-order chi connectivity index (χ1) is 7.69. The Morgan fingerprint density at radius 2 is 2.25 bits per heavy atom. The maximum atomic E-state index is 6.21. The quantitative estimate of drug-likeness (QED) is 0.728. The molecule has 2 unspecified atom stereocenters. The molecule has 1 nitrogen and oxygen atoms in total. The monoisotopic (exact) mass is 321 g/mol. The van der Waals surface area contributed by atoms with Crippen molar-refractivity contribution in [2.24, 2.45) is 5.73 Å². The van der Waals surface area contributed by atoms with Gasteiger partial charge in [0.1, 0.15) is 0 Å². The highest BCUT2D eigenvalue weighted by atomic mass is 79.9. The first-order valence-electron chi connectivity index (χ1n) is 5.80. The van der Waals surface area contributed by atoms with Crippen LogP contribution in [0.25, 0.3) is 0 Å². The third-order valence-corrected chi connectivity index (χ3v) is 5.94. The van der Waals surface area contributed by atoms with E-state index in [1.165, 1.54) is 27.9 Å². The van der Waals surface area contributed by atoms with E-state index in [-0.39, 0.29) is 6.04 Å². The molecule has 0 saturated carbocycles. The van der Waals surface area contributed by atoms with Crippen LogP contribution in [0.15, 0.2) is 15.9 Å². The molecule has 0 bridgehead atoms. The van der Waals surface area contributed by atoms with Gasteiger partial charge in [-0.25, -0.2) is 0 Å². The average molecular weight is 322 g/mol. The van der Waals surface area contributed by atoms with E-state index in [4.69, 9.17) is 5.73 Å². The van der Waals surface area contributed by atoms with Crippen molar-refractivity contribution in [3.05, 3.63) is 20.8 Å². The van der Waals surface area contributed by atoms with E-state index in [2.05, 4.69) is 41.2 Å². The SMILES string of the molecule is CCCCSC(c1cc(Br)cs1)C(N)CC. The highest BCUT2D eigenvalue weighted by Crippen LogP contribution is 2.37. The molecule has 2 N–H and O–H groups in total. The summed E-state index contributed by atoms with van der Waals surface area (Å²) in [6, 6.07) is 2.48. The van der Waals surface area contributed by atoms with Gasteiger partial charge in [0.2, 0.25) is 0 Å². The van der Waals surface area contributed by atoms with Crippen LogP contribution in [-0.4, -0.2) is 11.8 Å². The summed E-state index contributed by atoms with van der Waals surface area (Å²) in [6.45, 7) is 4.40. The summed E-state index contributed by atoms with van der Waals surface area (Å²) >= 11 is 7.34. The summed E-state index contributed by atoms with van der Waals surface area (Å²) in [5.74, 6) is 1.21. The van der Waals surface area contributed by atoms with Crippen LogP contribution in [0.5, 0.6) is 0 Å². The van der Waals surface area contributed by atoms with Crippen LogP contribution >= 0.6 is 39.0 Å². The van der Waals surface area contributed by atoms with Crippen LogP contribution in [-0.2, 0) is 0 Å². The molecule has 0 amide bonds. The van der Waals surface area contributed by atoms with Gasteiger partial charge in [0.25, 0.3) is 0 Å². The summed E-state index contributed by atoms with van der Waals surface area (Å²) in [5.41, 5.74) is 6.21. The molecule has 92 valence electrons. The number of rotatable bonds is 7. The fourth-order valence-electron chi connectivity index (χ4n) is 1.46. The molecular weight excluding hydrogens is 302 g/mol. The fraction of sp³-hybridized carbons (Fsp3) is 0.667. The number of hydrogen-bond donors (Lipinski definition) is 1. The number of nitrogens with two attached hydrogens (primary N) is 1. The van der Waals surface area contributed by atoms with Crippen molar-refractivity contribution in [2.75, 3.05) is 5.75 Å². The van der Waals surface area contributed by atoms with Gasteiger partial charge in [0.15, 0.2) is 0 Å². The molecule has 0 fully saturated rings. The molecule has 1 aromatic heterocycles. The zero-order chi connectivity index (χ0) is 12.0. The van der Waals surface area contributed by atoms with E-state index in [1.807, 2.05) is 23.1 Å². The molecule has 0 aliphatic heterocycles. The molecule has 1 heterocycles. The summed E-state index contributed by atoms with van der Waals surface area (Å²) in [4.78, 5) is 1.40. The van der Waals surface area contributed by atoms with Gasteiger partial charge < -0.3 is 5.73 Å². The molecule has 0 aliphatic rings. The molecule has 0 saturated heterocycles. The van der Waals surface area contributed by atoms with Crippen molar-refractivity contribution < 1.29 is 0 Å². The third-order valence-electron chi connectivity index (χ3n) is 2.52. The van der Waals surface area contributed by atoms with Crippen LogP contribution < -0.4 is 5.73 Å². The van der Waals surface area contributed by atoms with Crippen molar-refractivity contribution in [3.8, 4) is 0 Å². The average Bonchev–Trinajstić information content (AvgIpc) is 2.70. The standard InChI is InChI=1S/C12H20BrNS2/c1-3-5-6-15-12(10(14)4-2)11-7-9(13)8-16-11/h7-8,10,12H,3-6,14H2,1-2H3. The Balaban J connectivity index is 2.63. The number of hydrogen-bond acceptors (Lipinski definition) is 3. The number of halogens is 1. The van der Waals surface area contributed by atoms with Crippen LogP contribution in [0.2, 0.25) is 0 Å². The molecule has 2 atom stereocenters. The van der Waals surface area contributed by atoms with Crippen LogP contribution in [0.4, 0.5) is 0 Å². The smallest absolute Gasteiger partial charge is 0.0542 e.